The van der Waals surface area contributed by atoms with E-state index in [4.69, 9.17) is 4.74 Å². The van der Waals surface area contributed by atoms with Crippen LogP contribution in [0.25, 0.3) is 16.6 Å². The quantitative estimate of drug-likeness (QED) is 0.415. The predicted octanol–water partition coefficient (Wildman–Crippen LogP) is 4.54. The average molecular weight is 466 g/mol. The lowest BCUT2D eigenvalue weighted by molar-refractivity contribution is 0.217. The minimum absolute atomic E-state index is 0.126. The Morgan fingerprint density at radius 3 is 2.52 bits per heavy atom. The normalized spacial score (nSPS) is 15.9. The Kier molecular flexibility index (Phi) is 5.42. The van der Waals surface area contributed by atoms with Gasteiger partial charge in [-0.05, 0) is 67.8 Å². The molecule has 0 bridgehead atoms. The van der Waals surface area contributed by atoms with Crippen molar-refractivity contribution in [3.63, 3.8) is 0 Å². The molecule has 0 aliphatic heterocycles. The van der Waals surface area contributed by atoms with Crippen LogP contribution in [0.15, 0.2) is 79.0 Å². The molecule has 1 saturated carbocycles. The fourth-order valence-electron chi connectivity index (χ4n) is 3.87. The van der Waals surface area contributed by atoms with E-state index in [9.17, 15) is 12.8 Å². The van der Waals surface area contributed by atoms with Crippen molar-refractivity contribution in [2.24, 2.45) is 0 Å². The maximum atomic E-state index is 13.3. The highest BCUT2D eigenvalue weighted by Crippen LogP contribution is 2.32. The van der Waals surface area contributed by atoms with Gasteiger partial charge in [-0.25, -0.2) is 22.2 Å². The molecule has 0 spiro atoms. The Labute approximate surface area is 192 Å². The van der Waals surface area contributed by atoms with Gasteiger partial charge in [0.05, 0.1) is 28.2 Å². The van der Waals surface area contributed by atoms with Crippen LogP contribution < -0.4 is 9.46 Å². The van der Waals surface area contributed by atoms with Crippen LogP contribution in [0.2, 0.25) is 0 Å². The monoisotopic (exact) mass is 465 g/mol. The molecule has 0 amide bonds. The molecule has 5 rings (SSSR count). The van der Waals surface area contributed by atoms with Crippen LogP contribution in [0.3, 0.4) is 0 Å². The first-order valence-corrected chi connectivity index (χ1v) is 12.3. The van der Waals surface area contributed by atoms with Gasteiger partial charge in [0.2, 0.25) is 10.0 Å². The predicted molar refractivity (Wildman–Crippen MR) is 125 cm³/mol. The topological polar surface area (TPSA) is 73.2 Å². The summed E-state index contributed by atoms with van der Waals surface area (Å²) in [5.41, 5.74) is 1.52. The van der Waals surface area contributed by atoms with Gasteiger partial charge in [0, 0.05) is 5.39 Å². The van der Waals surface area contributed by atoms with Crippen LogP contribution >= 0.6 is 0 Å². The van der Waals surface area contributed by atoms with Crippen molar-refractivity contribution in [2.45, 2.75) is 30.6 Å². The molecular weight excluding hydrogens is 441 g/mol. The van der Waals surface area contributed by atoms with Gasteiger partial charge >= 0.3 is 0 Å². The minimum Gasteiger partial charge on any atom is -0.491 e. The number of hydrogen-bond donors (Lipinski definition) is 1. The largest absolute Gasteiger partial charge is 0.491 e. The molecular formula is C25H24FN3O3S. The number of fused-ring (bicyclic) bond motifs is 1. The number of ether oxygens (including phenoxy) is 1. The van der Waals surface area contributed by atoms with Crippen molar-refractivity contribution in [1.29, 1.82) is 0 Å². The first-order valence-electron chi connectivity index (χ1n) is 10.8. The molecule has 6 nitrogen and oxygen atoms in total. The Morgan fingerprint density at radius 2 is 1.82 bits per heavy atom. The van der Waals surface area contributed by atoms with Crippen molar-refractivity contribution in [1.82, 2.24) is 14.5 Å². The Morgan fingerprint density at radius 1 is 1.09 bits per heavy atom. The van der Waals surface area contributed by atoms with Crippen molar-refractivity contribution in [2.75, 3.05) is 6.61 Å². The van der Waals surface area contributed by atoms with E-state index in [-0.39, 0.29) is 17.7 Å². The molecule has 1 heterocycles. The maximum Gasteiger partial charge on any atom is 0.215 e. The molecule has 0 radical (unpaired) electrons. The summed E-state index contributed by atoms with van der Waals surface area (Å²) in [6.45, 7) is 1.97. The van der Waals surface area contributed by atoms with E-state index in [0.29, 0.717) is 18.6 Å². The zero-order chi connectivity index (χ0) is 23.1. The van der Waals surface area contributed by atoms with E-state index in [1.54, 1.807) is 23.0 Å². The lowest BCUT2D eigenvalue weighted by Gasteiger charge is -2.31. The van der Waals surface area contributed by atoms with Gasteiger partial charge in [0.15, 0.2) is 0 Å². The number of nitrogens with one attached hydrogen (secondary N) is 1. The molecule has 3 aromatic carbocycles. The van der Waals surface area contributed by atoms with Crippen LogP contribution in [-0.2, 0) is 15.6 Å². The Balaban J connectivity index is 1.40. The van der Waals surface area contributed by atoms with E-state index >= 15 is 0 Å². The third kappa shape index (κ3) is 4.49. The summed E-state index contributed by atoms with van der Waals surface area (Å²) >= 11 is 0. The standard InChI is InChI=1S/C25H24FN3O3S/c1-25(19-5-3-2-4-6-19,28-33(30,31)23-12-13-23)17-32-22-11-14-24-18(15-22)16-27-29(24)21-9-7-20(26)8-10-21/h2-11,14-16,23,28H,12-13,17H2,1H3/t25-/m1/s1. The van der Waals surface area contributed by atoms with Crippen molar-refractivity contribution >= 4 is 20.9 Å². The fraction of sp³-hybridized carbons (Fsp3) is 0.240. The number of aromatic nitrogens is 2. The minimum atomic E-state index is -3.43. The van der Waals surface area contributed by atoms with Crippen LogP contribution in [0.5, 0.6) is 5.75 Å². The third-order valence-electron chi connectivity index (χ3n) is 5.88. The van der Waals surface area contributed by atoms with Crippen LogP contribution in [-0.4, -0.2) is 30.1 Å². The molecule has 1 aliphatic rings. The molecule has 0 unspecified atom stereocenters. The Bertz CT molecular complexity index is 1380. The smallest absolute Gasteiger partial charge is 0.215 e. The second kappa shape index (κ2) is 8.28. The summed E-state index contributed by atoms with van der Waals surface area (Å²) in [6, 6.07) is 21.2. The van der Waals surface area contributed by atoms with E-state index in [1.807, 2.05) is 55.5 Å². The molecule has 1 fully saturated rings. The highest BCUT2D eigenvalue weighted by Gasteiger charge is 2.41. The molecule has 1 N–H and O–H groups in total. The van der Waals surface area contributed by atoms with Crippen LogP contribution in [0.1, 0.15) is 25.3 Å². The Hall–Kier alpha value is -3.23. The second-order valence-corrected chi connectivity index (χ2v) is 10.5. The van der Waals surface area contributed by atoms with Crippen LogP contribution in [0, 0.1) is 5.82 Å². The zero-order valence-electron chi connectivity index (χ0n) is 18.1. The highest BCUT2D eigenvalue weighted by atomic mass is 32.2. The van der Waals surface area contributed by atoms with Gasteiger partial charge in [-0.2, -0.15) is 5.10 Å². The van der Waals surface area contributed by atoms with Crippen molar-refractivity contribution < 1.29 is 17.5 Å². The zero-order valence-corrected chi connectivity index (χ0v) is 18.9. The average Bonchev–Trinajstić information content (AvgIpc) is 3.60. The molecule has 33 heavy (non-hydrogen) atoms. The lowest BCUT2D eigenvalue weighted by atomic mass is 9.94. The molecule has 170 valence electrons. The number of sulfonamides is 1. The lowest BCUT2D eigenvalue weighted by Crippen LogP contribution is -2.48. The van der Waals surface area contributed by atoms with Gasteiger partial charge in [-0.3, -0.25) is 0 Å². The van der Waals surface area contributed by atoms with Gasteiger partial charge in [-0.15, -0.1) is 0 Å². The fourth-order valence-corrected chi connectivity index (χ4v) is 5.60. The summed E-state index contributed by atoms with van der Waals surface area (Å²) in [5.74, 6) is 0.304. The van der Waals surface area contributed by atoms with E-state index in [1.165, 1.54) is 12.1 Å². The van der Waals surface area contributed by atoms with E-state index in [2.05, 4.69) is 9.82 Å². The molecule has 4 aromatic rings. The number of rotatable bonds is 8. The highest BCUT2D eigenvalue weighted by molar-refractivity contribution is 7.90. The SMILES string of the molecule is C[C@](COc1ccc2c(cnn2-c2ccc(F)cc2)c1)(NS(=O)(=O)C1CC1)c1ccccc1. The van der Waals surface area contributed by atoms with Crippen molar-refractivity contribution in [3.8, 4) is 11.4 Å². The summed E-state index contributed by atoms with van der Waals surface area (Å²) in [6.07, 6.45) is 3.10. The summed E-state index contributed by atoms with van der Waals surface area (Å²) in [5, 5.41) is 4.95. The number of nitrogens with zero attached hydrogens (tertiary/aromatic N) is 2. The van der Waals surface area contributed by atoms with E-state index in [0.717, 1.165) is 22.2 Å². The molecule has 1 atom stereocenters. The third-order valence-corrected chi connectivity index (χ3v) is 7.96. The number of hydrogen-bond acceptors (Lipinski definition) is 4. The summed E-state index contributed by atoms with van der Waals surface area (Å²) < 4.78 is 49.4. The van der Waals surface area contributed by atoms with E-state index < -0.39 is 15.6 Å². The first-order chi connectivity index (χ1) is 15.8. The van der Waals surface area contributed by atoms with Crippen molar-refractivity contribution in [3.05, 3.63) is 90.4 Å². The first kappa shape index (κ1) is 21.6. The number of benzene rings is 3. The second-order valence-electron chi connectivity index (χ2n) is 8.59. The van der Waals surface area contributed by atoms with Gasteiger partial charge in [-0.1, -0.05) is 30.3 Å². The maximum absolute atomic E-state index is 13.3. The van der Waals surface area contributed by atoms with Crippen LogP contribution in [0.4, 0.5) is 4.39 Å². The van der Waals surface area contributed by atoms with Gasteiger partial charge in [0.1, 0.15) is 18.2 Å². The van der Waals surface area contributed by atoms with Gasteiger partial charge < -0.3 is 4.74 Å². The molecule has 1 aliphatic carbocycles. The molecule has 0 saturated heterocycles. The molecule has 1 aromatic heterocycles. The summed E-state index contributed by atoms with van der Waals surface area (Å²) in [4.78, 5) is 0. The van der Waals surface area contributed by atoms with Gasteiger partial charge in [0.25, 0.3) is 0 Å². The molecule has 8 heteroatoms. The number of halogens is 1. The summed E-state index contributed by atoms with van der Waals surface area (Å²) in [7, 11) is -3.43.